The molecule has 2 fully saturated rings. The average Bonchev–Trinajstić information content (AvgIpc) is 2.73. The first-order valence-electron chi connectivity index (χ1n) is 7.98. The van der Waals surface area contributed by atoms with Gasteiger partial charge in [0, 0.05) is 17.6 Å². The summed E-state index contributed by atoms with van der Waals surface area (Å²) < 4.78 is 0. The highest BCUT2D eigenvalue weighted by Gasteiger charge is 2.42. The van der Waals surface area contributed by atoms with Crippen LogP contribution >= 0.6 is 0 Å². The molecule has 2 N–H and O–H groups in total. The third-order valence-electron chi connectivity index (χ3n) is 5.15. The molecule has 0 aromatic rings. The van der Waals surface area contributed by atoms with Gasteiger partial charge in [-0.05, 0) is 50.6 Å². The van der Waals surface area contributed by atoms with Crippen molar-refractivity contribution in [2.75, 3.05) is 19.7 Å². The van der Waals surface area contributed by atoms with E-state index in [1.165, 1.54) is 32.4 Å². The summed E-state index contributed by atoms with van der Waals surface area (Å²) in [6, 6.07) is 1.13. The van der Waals surface area contributed by atoms with Crippen LogP contribution in [0.15, 0.2) is 0 Å². The van der Waals surface area contributed by atoms with Crippen molar-refractivity contribution in [1.29, 1.82) is 0 Å². The molecule has 1 heterocycles. The summed E-state index contributed by atoms with van der Waals surface area (Å²) in [5, 5.41) is 13.4. The van der Waals surface area contributed by atoms with Crippen molar-refractivity contribution in [3.05, 3.63) is 0 Å². The van der Waals surface area contributed by atoms with Crippen LogP contribution in [0, 0.1) is 5.41 Å². The smallest absolute Gasteiger partial charge is 0.0614 e. The molecule has 0 spiro atoms. The Morgan fingerprint density at radius 3 is 2.37 bits per heavy atom. The minimum Gasteiger partial charge on any atom is -0.394 e. The van der Waals surface area contributed by atoms with Crippen molar-refractivity contribution in [3.63, 3.8) is 0 Å². The second-order valence-corrected chi connectivity index (χ2v) is 7.83. The Bertz CT molecular complexity index is 293. The summed E-state index contributed by atoms with van der Waals surface area (Å²) in [6.45, 7) is 11.9. The van der Waals surface area contributed by atoms with Gasteiger partial charge in [-0.25, -0.2) is 0 Å². The van der Waals surface area contributed by atoms with Crippen LogP contribution in [-0.2, 0) is 0 Å². The minimum absolute atomic E-state index is 0.0220. The van der Waals surface area contributed by atoms with Crippen LogP contribution < -0.4 is 5.32 Å². The van der Waals surface area contributed by atoms with E-state index >= 15 is 0 Å². The van der Waals surface area contributed by atoms with E-state index in [0.29, 0.717) is 17.5 Å². The first-order valence-corrected chi connectivity index (χ1v) is 7.98. The molecule has 3 nitrogen and oxygen atoms in total. The molecule has 0 aromatic heterocycles. The summed E-state index contributed by atoms with van der Waals surface area (Å²) in [4.78, 5) is 2.67. The molecule has 1 aliphatic carbocycles. The van der Waals surface area contributed by atoms with Crippen molar-refractivity contribution in [1.82, 2.24) is 10.2 Å². The maximum Gasteiger partial charge on any atom is 0.0614 e. The second kappa shape index (κ2) is 5.71. The van der Waals surface area contributed by atoms with Gasteiger partial charge in [-0.1, -0.05) is 27.7 Å². The third kappa shape index (κ3) is 3.71. The van der Waals surface area contributed by atoms with Gasteiger partial charge < -0.3 is 15.3 Å². The number of hydrogen-bond donors (Lipinski definition) is 2. The van der Waals surface area contributed by atoms with Crippen LogP contribution in [0.2, 0.25) is 0 Å². The van der Waals surface area contributed by atoms with Gasteiger partial charge in [0.05, 0.1) is 6.61 Å². The van der Waals surface area contributed by atoms with Crippen LogP contribution in [0.1, 0.15) is 59.8 Å². The van der Waals surface area contributed by atoms with Crippen LogP contribution in [0.25, 0.3) is 0 Å². The quantitative estimate of drug-likeness (QED) is 0.822. The summed E-state index contributed by atoms with van der Waals surface area (Å²) >= 11 is 0. The number of nitrogens with one attached hydrogen (secondary N) is 1. The number of hydrogen-bond acceptors (Lipinski definition) is 3. The summed E-state index contributed by atoms with van der Waals surface area (Å²) in [6.07, 6.45) is 6.09. The van der Waals surface area contributed by atoms with Crippen molar-refractivity contribution >= 4 is 0 Å². The molecule has 1 saturated carbocycles. The number of nitrogens with zero attached hydrogens (tertiary/aromatic N) is 1. The zero-order valence-electron chi connectivity index (χ0n) is 13.2. The minimum atomic E-state index is -0.0220. The monoisotopic (exact) mass is 268 g/mol. The zero-order chi connectivity index (χ0) is 14.1. The summed E-state index contributed by atoms with van der Waals surface area (Å²) in [5.74, 6) is 0. The molecule has 0 amide bonds. The van der Waals surface area contributed by atoms with Gasteiger partial charge in [-0.3, -0.25) is 0 Å². The Morgan fingerprint density at radius 1 is 1.21 bits per heavy atom. The summed E-state index contributed by atoms with van der Waals surface area (Å²) in [5.41, 5.74) is 0.505. The Morgan fingerprint density at radius 2 is 1.84 bits per heavy atom. The molecule has 2 rings (SSSR count). The predicted octanol–water partition coefficient (Wildman–Crippen LogP) is 2.39. The van der Waals surface area contributed by atoms with Crippen LogP contribution in [0.4, 0.5) is 0 Å². The zero-order valence-corrected chi connectivity index (χ0v) is 13.2. The van der Waals surface area contributed by atoms with Crippen molar-refractivity contribution < 1.29 is 5.11 Å². The van der Waals surface area contributed by atoms with E-state index in [0.717, 1.165) is 12.8 Å². The molecule has 112 valence electrons. The summed E-state index contributed by atoms with van der Waals surface area (Å²) in [7, 11) is 0. The van der Waals surface area contributed by atoms with Crippen molar-refractivity contribution in [2.45, 2.75) is 77.4 Å². The normalized spacial score (nSPS) is 36.0. The molecule has 0 aromatic carbocycles. The van der Waals surface area contributed by atoms with Gasteiger partial charge in [0.2, 0.25) is 0 Å². The topological polar surface area (TPSA) is 35.5 Å². The van der Waals surface area contributed by atoms with E-state index in [9.17, 15) is 5.11 Å². The Kier molecular flexibility index (Phi) is 4.59. The molecule has 0 radical (unpaired) electrons. The number of aliphatic hydroxyl groups is 1. The van der Waals surface area contributed by atoms with Gasteiger partial charge in [-0.15, -0.1) is 0 Å². The molecule has 0 bridgehead atoms. The first-order chi connectivity index (χ1) is 8.86. The Balaban J connectivity index is 1.91. The highest BCUT2D eigenvalue weighted by Crippen LogP contribution is 2.37. The SMILES string of the molecule is CC(C)NC1(CO)CCC(N2CCC(C)(C)CC2)C1. The highest BCUT2D eigenvalue weighted by molar-refractivity contribution is 5.01. The molecular weight excluding hydrogens is 236 g/mol. The van der Waals surface area contributed by atoms with E-state index in [1.807, 2.05) is 0 Å². The fraction of sp³-hybridized carbons (Fsp3) is 1.00. The lowest BCUT2D eigenvalue weighted by Crippen LogP contribution is -2.51. The standard InChI is InChI=1S/C16H32N2O/c1-13(2)17-16(12-19)6-5-14(11-16)18-9-7-15(3,4)8-10-18/h13-14,17,19H,5-12H2,1-4H3. The molecule has 3 heteroatoms. The molecule has 1 saturated heterocycles. The van der Waals surface area contributed by atoms with Gasteiger partial charge >= 0.3 is 0 Å². The highest BCUT2D eigenvalue weighted by atomic mass is 16.3. The Hall–Kier alpha value is -0.120. The second-order valence-electron chi connectivity index (χ2n) is 7.83. The fourth-order valence-electron chi connectivity index (χ4n) is 3.84. The van der Waals surface area contributed by atoms with E-state index in [-0.39, 0.29) is 12.1 Å². The molecule has 19 heavy (non-hydrogen) atoms. The first kappa shape index (κ1) is 15.3. The number of piperidine rings is 1. The maximum absolute atomic E-state index is 9.78. The van der Waals surface area contributed by atoms with E-state index in [1.54, 1.807) is 0 Å². The predicted molar refractivity (Wildman–Crippen MR) is 80.3 cm³/mol. The fourth-order valence-corrected chi connectivity index (χ4v) is 3.84. The van der Waals surface area contributed by atoms with Crippen molar-refractivity contribution in [3.8, 4) is 0 Å². The molecular formula is C16H32N2O. The largest absolute Gasteiger partial charge is 0.394 e. The van der Waals surface area contributed by atoms with E-state index in [4.69, 9.17) is 0 Å². The number of likely N-dealkylation sites (tertiary alicyclic amines) is 1. The lowest BCUT2D eigenvalue weighted by molar-refractivity contribution is 0.0847. The van der Waals surface area contributed by atoms with Crippen LogP contribution in [0.3, 0.4) is 0 Å². The molecule has 2 unspecified atom stereocenters. The molecule has 2 aliphatic rings. The number of aliphatic hydroxyl groups excluding tert-OH is 1. The molecule has 2 atom stereocenters. The Labute approximate surface area is 118 Å². The molecule has 1 aliphatic heterocycles. The van der Waals surface area contributed by atoms with Crippen LogP contribution in [0.5, 0.6) is 0 Å². The van der Waals surface area contributed by atoms with E-state index in [2.05, 4.69) is 37.9 Å². The van der Waals surface area contributed by atoms with Gasteiger partial charge in [0.15, 0.2) is 0 Å². The van der Waals surface area contributed by atoms with E-state index < -0.39 is 0 Å². The third-order valence-corrected chi connectivity index (χ3v) is 5.15. The van der Waals surface area contributed by atoms with Crippen molar-refractivity contribution in [2.24, 2.45) is 5.41 Å². The lowest BCUT2D eigenvalue weighted by atomic mass is 9.82. The maximum atomic E-state index is 9.78. The van der Waals surface area contributed by atoms with Gasteiger partial charge in [-0.2, -0.15) is 0 Å². The van der Waals surface area contributed by atoms with Crippen LogP contribution in [-0.4, -0.2) is 47.3 Å². The lowest BCUT2D eigenvalue weighted by Gasteiger charge is -2.40. The average molecular weight is 268 g/mol. The van der Waals surface area contributed by atoms with Gasteiger partial charge in [0.25, 0.3) is 0 Å². The van der Waals surface area contributed by atoms with Gasteiger partial charge in [0.1, 0.15) is 0 Å². The number of rotatable bonds is 4.